The summed E-state index contributed by atoms with van der Waals surface area (Å²) in [5, 5.41) is 10.7. The molecule has 1 fully saturated rings. The van der Waals surface area contributed by atoms with E-state index in [4.69, 9.17) is 4.74 Å². The van der Waals surface area contributed by atoms with E-state index in [1.54, 1.807) is 0 Å². The fraction of sp³-hybridized carbons (Fsp3) is 0.700. The van der Waals surface area contributed by atoms with Gasteiger partial charge in [0.1, 0.15) is 0 Å². The van der Waals surface area contributed by atoms with Gasteiger partial charge in [0.05, 0.1) is 18.8 Å². The van der Waals surface area contributed by atoms with Gasteiger partial charge in [-0.15, -0.1) is 0 Å². The van der Waals surface area contributed by atoms with Crippen LogP contribution in [0.2, 0.25) is 0 Å². The maximum Gasteiger partial charge on any atom is 0.0719 e. The van der Waals surface area contributed by atoms with Gasteiger partial charge in [-0.2, -0.15) is 0 Å². The molecular weight excluding hydrogens is 272 g/mol. The molecule has 0 unspecified atom stereocenters. The molecule has 0 heterocycles. The van der Waals surface area contributed by atoms with Crippen molar-refractivity contribution >= 4 is 0 Å². The molecule has 2 rings (SSSR count). The number of ether oxygens (including phenoxy) is 1. The van der Waals surface area contributed by atoms with Crippen molar-refractivity contribution in [2.75, 3.05) is 6.61 Å². The van der Waals surface area contributed by atoms with E-state index in [9.17, 15) is 5.11 Å². The lowest BCUT2D eigenvalue weighted by Gasteiger charge is -2.48. The van der Waals surface area contributed by atoms with Crippen molar-refractivity contribution in [1.82, 2.24) is 0 Å². The van der Waals surface area contributed by atoms with Crippen molar-refractivity contribution in [1.29, 1.82) is 0 Å². The van der Waals surface area contributed by atoms with Crippen LogP contribution in [-0.2, 0) is 11.3 Å². The zero-order chi connectivity index (χ0) is 16.4. The van der Waals surface area contributed by atoms with Crippen LogP contribution in [0.3, 0.4) is 0 Å². The van der Waals surface area contributed by atoms with Gasteiger partial charge >= 0.3 is 0 Å². The molecule has 124 valence electrons. The maximum atomic E-state index is 10.7. The van der Waals surface area contributed by atoms with Crippen LogP contribution >= 0.6 is 0 Å². The van der Waals surface area contributed by atoms with Gasteiger partial charge in [-0.25, -0.2) is 0 Å². The highest BCUT2D eigenvalue weighted by molar-refractivity contribution is 5.24. The second-order valence-corrected chi connectivity index (χ2v) is 8.01. The summed E-state index contributed by atoms with van der Waals surface area (Å²) in [6, 6.07) is 8.34. The van der Waals surface area contributed by atoms with Gasteiger partial charge in [-0.3, -0.25) is 0 Å². The van der Waals surface area contributed by atoms with Crippen LogP contribution in [0.1, 0.15) is 58.1 Å². The molecule has 1 saturated carbocycles. The highest BCUT2D eigenvalue weighted by Gasteiger charge is 2.44. The molecule has 1 aromatic rings. The molecule has 1 aliphatic rings. The summed E-state index contributed by atoms with van der Waals surface area (Å²) in [5.74, 6) is 0.861. The highest BCUT2D eigenvalue weighted by Crippen LogP contribution is 2.48. The van der Waals surface area contributed by atoms with Crippen molar-refractivity contribution in [2.24, 2.45) is 17.3 Å². The summed E-state index contributed by atoms with van der Waals surface area (Å²) in [5.41, 5.74) is 2.23. The van der Waals surface area contributed by atoms with Gasteiger partial charge in [0, 0.05) is 5.92 Å². The minimum atomic E-state index is -0.597. The quantitative estimate of drug-likeness (QED) is 0.852. The second kappa shape index (κ2) is 6.72. The van der Waals surface area contributed by atoms with Crippen LogP contribution in [0, 0.1) is 24.2 Å². The van der Waals surface area contributed by atoms with Crippen molar-refractivity contribution in [3.63, 3.8) is 0 Å². The average Bonchev–Trinajstić information content (AvgIpc) is 2.45. The minimum Gasteiger partial charge on any atom is -0.390 e. The fourth-order valence-electron chi connectivity index (χ4n) is 3.47. The summed E-state index contributed by atoms with van der Waals surface area (Å²) in [6.07, 6.45) is 3.03. The van der Waals surface area contributed by atoms with E-state index in [0.717, 1.165) is 19.3 Å². The van der Waals surface area contributed by atoms with Crippen molar-refractivity contribution in [2.45, 2.75) is 66.1 Å². The summed E-state index contributed by atoms with van der Waals surface area (Å²) >= 11 is 0. The highest BCUT2D eigenvalue weighted by atomic mass is 16.5. The van der Waals surface area contributed by atoms with E-state index in [0.29, 0.717) is 24.5 Å². The lowest BCUT2D eigenvalue weighted by Crippen LogP contribution is -2.47. The third-order valence-corrected chi connectivity index (χ3v) is 6.03. The normalized spacial score (nSPS) is 32.4. The number of aliphatic hydroxyl groups is 1. The Bertz CT molecular complexity index is 492. The Morgan fingerprint density at radius 1 is 1.23 bits per heavy atom. The number of benzene rings is 1. The Labute approximate surface area is 135 Å². The first kappa shape index (κ1) is 17.5. The van der Waals surface area contributed by atoms with Gasteiger partial charge < -0.3 is 9.84 Å². The number of hydrogen-bond donors (Lipinski definition) is 1. The van der Waals surface area contributed by atoms with Crippen LogP contribution in [0.4, 0.5) is 0 Å². The first-order valence-electron chi connectivity index (χ1n) is 8.59. The van der Waals surface area contributed by atoms with Crippen molar-refractivity contribution in [3.05, 3.63) is 35.4 Å². The van der Waals surface area contributed by atoms with Crippen LogP contribution in [0.25, 0.3) is 0 Å². The van der Waals surface area contributed by atoms with E-state index in [1.165, 1.54) is 11.1 Å². The molecule has 0 bridgehead atoms. The smallest absolute Gasteiger partial charge is 0.0719 e. The monoisotopic (exact) mass is 304 g/mol. The predicted octanol–water partition coefficient (Wildman–Crippen LogP) is 4.73. The molecule has 2 heteroatoms. The first-order valence-corrected chi connectivity index (χ1v) is 8.59. The molecule has 1 N–H and O–H groups in total. The van der Waals surface area contributed by atoms with Crippen molar-refractivity contribution < 1.29 is 9.84 Å². The largest absolute Gasteiger partial charge is 0.390 e. The van der Waals surface area contributed by atoms with Crippen LogP contribution in [-0.4, -0.2) is 17.3 Å². The Morgan fingerprint density at radius 3 is 2.55 bits per heavy atom. The molecule has 3 atom stereocenters. The summed E-state index contributed by atoms with van der Waals surface area (Å²) in [4.78, 5) is 0. The van der Waals surface area contributed by atoms with E-state index >= 15 is 0 Å². The lowest BCUT2D eigenvalue weighted by atomic mass is 9.60. The molecule has 0 aliphatic heterocycles. The Kier molecular flexibility index (Phi) is 5.34. The summed E-state index contributed by atoms with van der Waals surface area (Å²) < 4.78 is 5.99. The molecule has 1 aromatic carbocycles. The van der Waals surface area contributed by atoms with E-state index < -0.39 is 5.60 Å². The third-order valence-electron chi connectivity index (χ3n) is 6.03. The fourth-order valence-corrected chi connectivity index (χ4v) is 3.47. The molecular formula is C20H32O2. The molecule has 2 nitrogen and oxygen atoms in total. The molecule has 0 saturated heterocycles. The molecule has 22 heavy (non-hydrogen) atoms. The molecule has 1 aliphatic carbocycles. The van der Waals surface area contributed by atoms with Gasteiger partial charge in [0.25, 0.3) is 0 Å². The third kappa shape index (κ3) is 3.91. The number of aryl methyl sites for hydroxylation is 1. The lowest BCUT2D eigenvalue weighted by molar-refractivity contribution is -0.107. The summed E-state index contributed by atoms with van der Waals surface area (Å²) in [6.45, 7) is 12.3. The SMILES string of the molecule is Cc1ccccc1COC[C@H]1C[C@](C)(C(C)C)CC[C@@]1(C)O. The zero-order valence-electron chi connectivity index (χ0n) is 14.9. The number of hydrogen-bond acceptors (Lipinski definition) is 2. The van der Waals surface area contributed by atoms with E-state index in [2.05, 4.69) is 52.0 Å². The van der Waals surface area contributed by atoms with Crippen LogP contribution in [0.5, 0.6) is 0 Å². The van der Waals surface area contributed by atoms with E-state index in [-0.39, 0.29) is 5.92 Å². The number of rotatable bonds is 5. The topological polar surface area (TPSA) is 29.5 Å². The average molecular weight is 304 g/mol. The summed E-state index contributed by atoms with van der Waals surface area (Å²) in [7, 11) is 0. The second-order valence-electron chi connectivity index (χ2n) is 8.01. The predicted molar refractivity (Wildman–Crippen MR) is 91.7 cm³/mol. The molecule has 0 aromatic heterocycles. The molecule has 0 amide bonds. The van der Waals surface area contributed by atoms with Gasteiger partial charge in [-0.05, 0) is 55.6 Å². The minimum absolute atomic E-state index is 0.220. The van der Waals surface area contributed by atoms with Gasteiger partial charge in [0.2, 0.25) is 0 Å². The molecule has 0 radical (unpaired) electrons. The van der Waals surface area contributed by atoms with Crippen LogP contribution < -0.4 is 0 Å². The first-order chi connectivity index (χ1) is 10.2. The van der Waals surface area contributed by atoms with Gasteiger partial charge in [-0.1, -0.05) is 45.0 Å². The van der Waals surface area contributed by atoms with Crippen LogP contribution in [0.15, 0.2) is 24.3 Å². The standard InChI is InChI=1S/C20H32O2/c1-15(2)19(4)10-11-20(5,21)18(12-19)14-22-13-17-9-7-6-8-16(17)3/h6-9,15,18,21H,10-14H2,1-5H3/t18-,19-,20-/m1/s1. The Morgan fingerprint density at radius 2 is 1.91 bits per heavy atom. The Balaban J connectivity index is 1.96. The maximum absolute atomic E-state index is 10.7. The Hall–Kier alpha value is -0.860. The van der Waals surface area contributed by atoms with Gasteiger partial charge in [0.15, 0.2) is 0 Å². The molecule has 0 spiro atoms. The van der Waals surface area contributed by atoms with E-state index in [1.807, 2.05) is 6.92 Å². The zero-order valence-corrected chi connectivity index (χ0v) is 14.9. The van der Waals surface area contributed by atoms with Crippen molar-refractivity contribution in [3.8, 4) is 0 Å².